The molecule has 0 bridgehead atoms. The quantitative estimate of drug-likeness (QED) is 0.862. The first-order chi connectivity index (χ1) is 9.15. The van der Waals surface area contributed by atoms with E-state index in [4.69, 9.17) is 10.8 Å². The Labute approximate surface area is 111 Å². The number of hydrogen-bond donors (Lipinski definition) is 2. The number of imidazole rings is 1. The second kappa shape index (κ2) is 4.66. The Kier molecular flexibility index (Phi) is 2.98. The van der Waals surface area contributed by atoms with Crippen LogP contribution in [0.15, 0.2) is 24.5 Å². The van der Waals surface area contributed by atoms with Gasteiger partial charge in [-0.2, -0.15) is 0 Å². The lowest BCUT2D eigenvalue weighted by Gasteiger charge is -2.10. The maximum atomic E-state index is 10.6. The Morgan fingerprint density at radius 1 is 1.53 bits per heavy atom. The van der Waals surface area contributed by atoms with E-state index >= 15 is 0 Å². The SMILES string of the molecule is NC(CCC(=O)O)c1ccc2c(c1)ncn2C1CC1. The smallest absolute Gasteiger partial charge is 0.303 e. The topological polar surface area (TPSA) is 81.1 Å². The second-order valence-corrected chi connectivity index (χ2v) is 5.17. The molecular formula is C14H17N3O2. The summed E-state index contributed by atoms with van der Waals surface area (Å²) in [5.74, 6) is -0.811. The number of hydrogen-bond acceptors (Lipinski definition) is 3. The molecular weight excluding hydrogens is 242 g/mol. The molecule has 1 aliphatic carbocycles. The van der Waals surface area contributed by atoms with Gasteiger partial charge in [-0.3, -0.25) is 4.79 Å². The van der Waals surface area contributed by atoms with Crippen LogP contribution < -0.4 is 5.73 Å². The first kappa shape index (κ1) is 12.2. The van der Waals surface area contributed by atoms with Crippen LogP contribution in [-0.4, -0.2) is 20.6 Å². The van der Waals surface area contributed by atoms with Crippen LogP contribution >= 0.6 is 0 Å². The van der Waals surface area contributed by atoms with Crippen LogP contribution in [0.1, 0.15) is 43.3 Å². The molecule has 0 spiro atoms. The van der Waals surface area contributed by atoms with Gasteiger partial charge in [-0.1, -0.05) is 6.07 Å². The third-order valence-electron chi connectivity index (χ3n) is 3.64. The summed E-state index contributed by atoms with van der Waals surface area (Å²) < 4.78 is 2.21. The lowest BCUT2D eigenvalue weighted by atomic mass is 10.0. The molecule has 3 rings (SSSR count). The molecule has 3 N–H and O–H groups in total. The van der Waals surface area contributed by atoms with Crippen molar-refractivity contribution in [2.45, 2.75) is 37.8 Å². The first-order valence-corrected chi connectivity index (χ1v) is 6.59. The van der Waals surface area contributed by atoms with Gasteiger partial charge in [-0.05, 0) is 37.0 Å². The van der Waals surface area contributed by atoms with Crippen LogP contribution in [-0.2, 0) is 4.79 Å². The maximum Gasteiger partial charge on any atom is 0.303 e. The Balaban J connectivity index is 1.83. The van der Waals surface area contributed by atoms with Gasteiger partial charge in [0.15, 0.2) is 0 Å². The summed E-state index contributed by atoms with van der Waals surface area (Å²) in [5.41, 5.74) is 9.04. The number of carboxylic acid groups (broad SMARTS) is 1. The van der Waals surface area contributed by atoms with Gasteiger partial charge in [0, 0.05) is 18.5 Å². The minimum atomic E-state index is -0.811. The fourth-order valence-corrected chi connectivity index (χ4v) is 2.37. The first-order valence-electron chi connectivity index (χ1n) is 6.59. The molecule has 0 amide bonds. The van der Waals surface area contributed by atoms with E-state index in [1.54, 1.807) is 0 Å². The van der Waals surface area contributed by atoms with Crippen molar-refractivity contribution in [3.63, 3.8) is 0 Å². The summed E-state index contributed by atoms with van der Waals surface area (Å²) in [7, 11) is 0. The number of rotatable bonds is 5. The molecule has 2 aromatic rings. The van der Waals surface area contributed by atoms with E-state index in [2.05, 4.69) is 9.55 Å². The molecule has 5 nitrogen and oxygen atoms in total. The number of nitrogens with two attached hydrogens (primary N) is 1. The highest BCUT2D eigenvalue weighted by atomic mass is 16.4. The molecule has 0 radical (unpaired) electrons. The van der Waals surface area contributed by atoms with Crippen molar-refractivity contribution in [3.05, 3.63) is 30.1 Å². The highest BCUT2D eigenvalue weighted by Gasteiger charge is 2.25. The van der Waals surface area contributed by atoms with Crippen LogP contribution in [0.25, 0.3) is 11.0 Å². The second-order valence-electron chi connectivity index (χ2n) is 5.17. The van der Waals surface area contributed by atoms with E-state index in [-0.39, 0.29) is 12.5 Å². The zero-order valence-electron chi connectivity index (χ0n) is 10.6. The molecule has 1 unspecified atom stereocenters. The van der Waals surface area contributed by atoms with E-state index in [0.29, 0.717) is 12.5 Å². The van der Waals surface area contributed by atoms with Gasteiger partial charge in [0.2, 0.25) is 0 Å². The minimum Gasteiger partial charge on any atom is -0.481 e. The molecule has 0 saturated heterocycles. The number of carboxylic acids is 1. The molecule has 19 heavy (non-hydrogen) atoms. The lowest BCUT2D eigenvalue weighted by Crippen LogP contribution is -2.12. The van der Waals surface area contributed by atoms with Crippen molar-refractivity contribution in [2.24, 2.45) is 5.73 Å². The van der Waals surface area contributed by atoms with Crippen molar-refractivity contribution in [2.75, 3.05) is 0 Å². The van der Waals surface area contributed by atoms with Crippen LogP contribution in [0.5, 0.6) is 0 Å². The standard InChI is InChI=1S/C14H17N3O2/c15-11(4-6-14(18)19)9-1-5-13-12(7-9)16-8-17(13)10-2-3-10/h1,5,7-8,10-11H,2-4,6,15H2,(H,18,19). The van der Waals surface area contributed by atoms with E-state index < -0.39 is 5.97 Å². The Morgan fingerprint density at radius 3 is 3.00 bits per heavy atom. The van der Waals surface area contributed by atoms with Crippen molar-refractivity contribution in [3.8, 4) is 0 Å². The average molecular weight is 259 g/mol. The maximum absolute atomic E-state index is 10.6. The number of carbonyl (C=O) groups is 1. The highest BCUT2D eigenvalue weighted by Crippen LogP contribution is 2.37. The Bertz CT molecular complexity index is 616. The number of fused-ring (bicyclic) bond motifs is 1. The number of nitrogens with zero attached hydrogens (tertiary/aromatic N) is 2. The zero-order valence-corrected chi connectivity index (χ0v) is 10.6. The summed E-state index contributed by atoms with van der Waals surface area (Å²) in [5, 5.41) is 8.68. The largest absolute Gasteiger partial charge is 0.481 e. The van der Waals surface area contributed by atoms with Gasteiger partial charge in [-0.15, -0.1) is 0 Å². The highest BCUT2D eigenvalue weighted by molar-refractivity contribution is 5.76. The molecule has 1 aromatic carbocycles. The molecule has 1 aliphatic rings. The molecule has 5 heteroatoms. The minimum absolute atomic E-state index is 0.0930. The lowest BCUT2D eigenvalue weighted by molar-refractivity contribution is -0.137. The molecule has 1 atom stereocenters. The molecule has 1 heterocycles. The third kappa shape index (κ3) is 2.46. The van der Waals surface area contributed by atoms with Crippen molar-refractivity contribution in [1.82, 2.24) is 9.55 Å². The van der Waals surface area contributed by atoms with Gasteiger partial charge >= 0.3 is 5.97 Å². The van der Waals surface area contributed by atoms with Crippen LogP contribution in [0, 0.1) is 0 Å². The predicted molar refractivity (Wildman–Crippen MR) is 71.8 cm³/mol. The Hall–Kier alpha value is -1.88. The summed E-state index contributed by atoms with van der Waals surface area (Å²) in [6.45, 7) is 0. The van der Waals surface area contributed by atoms with Gasteiger partial charge in [-0.25, -0.2) is 4.98 Å². The summed E-state index contributed by atoms with van der Waals surface area (Å²) >= 11 is 0. The molecule has 1 aromatic heterocycles. The van der Waals surface area contributed by atoms with Crippen LogP contribution in [0.3, 0.4) is 0 Å². The molecule has 100 valence electrons. The van der Waals surface area contributed by atoms with Crippen LogP contribution in [0.2, 0.25) is 0 Å². The molecule has 0 aliphatic heterocycles. The third-order valence-corrected chi connectivity index (χ3v) is 3.64. The summed E-state index contributed by atoms with van der Waals surface area (Å²) in [4.78, 5) is 15.0. The molecule has 1 saturated carbocycles. The Morgan fingerprint density at radius 2 is 2.32 bits per heavy atom. The summed E-state index contributed by atoms with van der Waals surface area (Å²) in [6.07, 6.45) is 4.88. The number of benzene rings is 1. The van der Waals surface area contributed by atoms with Crippen molar-refractivity contribution >= 4 is 17.0 Å². The monoisotopic (exact) mass is 259 g/mol. The molecule has 1 fully saturated rings. The van der Waals surface area contributed by atoms with Crippen LogP contribution in [0.4, 0.5) is 0 Å². The summed E-state index contributed by atoms with van der Waals surface area (Å²) in [6, 6.07) is 6.36. The van der Waals surface area contributed by atoms with Gasteiger partial charge < -0.3 is 15.4 Å². The van der Waals surface area contributed by atoms with E-state index in [9.17, 15) is 4.79 Å². The average Bonchev–Trinajstić information content (AvgIpc) is 3.15. The fourth-order valence-electron chi connectivity index (χ4n) is 2.37. The van der Waals surface area contributed by atoms with E-state index in [1.165, 1.54) is 12.8 Å². The van der Waals surface area contributed by atoms with E-state index in [0.717, 1.165) is 16.6 Å². The predicted octanol–water partition coefficient (Wildman–Crippen LogP) is 2.24. The van der Waals surface area contributed by atoms with Gasteiger partial charge in [0.25, 0.3) is 0 Å². The van der Waals surface area contributed by atoms with Crippen molar-refractivity contribution in [1.29, 1.82) is 0 Å². The van der Waals surface area contributed by atoms with Crippen molar-refractivity contribution < 1.29 is 9.90 Å². The fraction of sp³-hybridized carbons (Fsp3) is 0.429. The normalized spacial score (nSPS) is 16.7. The van der Waals surface area contributed by atoms with Gasteiger partial charge in [0.05, 0.1) is 17.4 Å². The zero-order chi connectivity index (χ0) is 13.4. The number of aliphatic carboxylic acids is 1. The van der Waals surface area contributed by atoms with Gasteiger partial charge in [0.1, 0.15) is 0 Å². The number of aromatic nitrogens is 2. The van der Waals surface area contributed by atoms with E-state index in [1.807, 2.05) is 24.5 Å².